The van der Waals surface area contributed by atoms with Gasteiger partial charge in [-0.3, -0.25) is 9.48 Å². The summed E-state index contributed by atoms with van der Waals surface area (Å²) >= 11 is 0. The van der Waals surface area contributed by atoms with E-state index in [9.17, 15) is 4.79 Å². The number of hydrogen-bond acceptors (Lipinski definition) is 3. The third-order valence-electron chi connectivity index (χ3n) is 2.65. The minimum atomic E-state index is -0.880. The van der Waals surface area contributed by atoms with Gasteiger partial charge in [0.15, 0.2) is 0 Å². The third kappa shape index (κ3) is 2.51. The van der Waals surface area contributed by atoms with Crippen LogP contribution in [0.2, 0.25) is 0 Å². The van der Waals surface area contributed by atoms with Crippen LogP contribution in [0.15, 0.2) is 30.3 Å². The second kappa shape index (κ2) is 4.91. The molecule has 0 radical (unpaired) electrons. The molecule has 0 atom stereocenters. The molecule has 0 aliphatic carbocycles. The van der Waals surface area contributed by atoms with E-state index in [2.05, 4.69) is 5.10 Å². The molecule has 1 N–H and O–H groups in total. The lowest BCUT2D eigenvalue weighted by Crippen LogP contribution is -2.01. The first kappa shape index (κ1) is 12.2. The summed E-state index contributed by atoms with van der Waals surface area (Å²) in [6.07, 6.45) is -0.0655. The van der Waals surface area contributed by atoms with Gasteiger partial charge in [0.1, 0.15) is 5.75 Å². The van der Waals surface area contributed by atoms with Gasteiger partial charge in [-0.1, -0.05) is 0 Å². The van der Waals surface area contributed by atoms with Gasteiger partial charge in [-0.2, -0.15) is 5.10 Å². The first-order valence-electron chi connectivity index (χ1n) is 5.49. The summed E-state index contributed by atoms with van der Waals surface area (Å²) in [7, 11) is 3.41. The molecule has 0 spiro atoms. The van der Waals surface area contributed by atoms with Crippen LogP contribution in [0.1, 0.15) is 5.69 Å². The molecule has 0 saturated carbocycles. The molecule has 18 heavy (non-hydrogen) atoms. The summed E-state index contributed by atoms with van der Waals surface area (Å²) in [5.74, 6) is -0.0962. The van der Waals surface area contributed by atoms with Crippen LogP contribution in [0.25, 0.3) is 11.3 Å². The van der Waals surface area contributed by atoms with E-state index in [1.807, 2.05) is 24.3 Å². The van der Waals surface area contributed by atoms with Crippen molar-refractivity contribution >= 4 is 5.97 Å². The van der Waals surface area contributed by atoms with Crippen LogP contribution in [-0.4, -0.2) is 28.0 Å². The molecule has 0 saturated heterocycles. The molecular formula is C13H14N2O3. The highest BCUT2D eigenvalue weighted by atomic mass is 16.5. The van der Waals surface area contributed by atoms with Gasteiger partial charge in [-0.05, 0) is 30.3 Å². The van der Waals surface area contributed by atoms with E-state index in [1.165, 1.54) is 0 Å². The third-order valence-corrected chi connectivity index (χ3v) is 2.65. The van der Waals surface area contributed by atoms with Gasteiger partial charge in [-0.25, -0.2) is 0 Å². The number of aryl methyl sites for hydroxylation is 1. The molecule has 0 aliphatic heterocycles. The number of aromatic nitrogens is 2. The molecule has 1 aromatic heterocycles. The number of rotatable bonds is 4. The summed E-state index contributed by atoms with van der Waals surface area (Å²) < 4.78 is 6.77. The Labute approximate surface area is 105 Å². The van der Waals surface area contributed by atoms with E-state index in [0.29, 0.717) is 5.69 Å². The quantitative estimate of drug-likeness (QED) is 0.892. The fourth-order valence-corrected chi connectivity index (χ4v) is 1.80. The number of methoxy groups -OCH3 is 1. The smallest absolute Gasteiger partial charge is 0.309 e. The number of ether oxygens (including phenoxy) is 1. The Hall–Kier alpha value is -2.30. The van der Waals surface area contributed by atoms with E-state index in [1.54, 1.807) is 24.9 Å². The fourth-order valence-electron chi connectivity index (χ4n) is 1.80. The van der Waals surface area contributed by atoms with Crippen LogP contribution in [0.5, 0.6) is 5.75 Å². The SMILES string of the molecule is COc1ccc(-c2cc(CC(=O)O)nn2C)cc1. The molecule has 0 unspecified atom stereocenters. The Morgan fingerprint density at radius 1 is 1.39 bits per heavy atom. The summed E-state index contributed by atoms with van der Waals surface area (Å²) in [4.78, 5) is 10.6. The molecule has 94 valence electrons. The van der Waals surface area contributed by atoms with Crippen molar-refractivity contribution < 1.29 is 14.6 Å². The number of hydrogen-bond donors (Lipinski definition) is 1. The Bertz CT molecular complexity index is 558. The highest BCUT2D eigenvalue weighted by molar-refractivity contribution is 5.70. The molecule has 2 rings (SSSR count). The van der Waals surface area contributed by atoms with Crippen LogP contribution in [0.4, 0.5) is 0 Å². The first-order chi connectivity index (χ1) is 8.60. The van der Waals surface area contributed by atoms with Crippen LogP contribution >= 0.6 is 0 Å². The standard InChI is InChI=1S/C13H14N2O3/c1-15-12(7-10(14-15)8-13(16)17)9-3-5-11(18-2)6-4-9/h3-7H,8H2,1-2H3,(H,16,17). The van der Waals surface area contributed by atoms with Crippen molar-refractivity contribution in [2.45, 2.75) is 6.42 Å². The van der Waals surface area contributed by atoms with Crippen LogP contribution in [0, 0.1) is 0 Å². The number of nitrogens with zero attached hydrogens (tertiary/aromatic N) is 2. The van der Waals surface area contributed by atoms with E-state index in [4.69, 9.17) is 9.84 Å². The molecule has 0 bridgehead atoms. The predicted octanol–water partition coefficient (Wildman–Crippen LogP) is 1.72. The monoisotopic (exact) mass is 246 g/mol. The van der Waals surface area contributed by atoms with Gasteiger partial charge in [0.25, 0.3) is 0 Å². The molecule has 5 heteroatoms. The molecule has 1 heterocycles. The average Bonchev–Trinajstić information content (AvgIpc) is 2.69. The highest BCUT2D eigenvalue weighted by Gasteiger charge is 2.10. The van der Waals surface area contributed by atoms with Gasteiger partial charge in [0.05, 0.1) is 24.9 Å². The Morgan fingerprint density at radius 3 is 2.61 bits per heavy atom. The number of carbonyl (C=O) groups is 1. The summed E-state index contributed by atoms with van der Waals surface area (Å²) in [5, 5.41) is 12.9. The largest absolute Gasteiger partial charge is 0.497 e. The molecule has 1 aromatic carbocycles. The maximum Gasteiger partial charge on any atom is 0.309 e. The lowest BCUT2D eigenvalue weighted by Gasteiger charge is -2.03. The van der Waals surface area contributed by atoms with Gasteiger partial charge >= 0.3 is 5.97 Å². The van der Waals surface area contributed by atoms with Crippen LogP contribution < -0.4 is 4.74 Å². The Morgan fingerprint density at radius 2 is 2.06 bits per heavy atom. The second-order valence-electron chi connectivity index (χ2n) is 3.94. The van der Waals surface area contributed by atoms with Crippen molar-refractivity contribution in [3.63, 3.8) is 0 Å². The number of benzene rings is 1. The van der Waals surface area contributed by atoms with E-state index < -0.39 is 5.97 Å². The van der Waals surface area contributed by atoms with Crippen LogP contribution in [-0.2, 0) is 18.3 Å². The molecular weight excluding hydrogens is 232 g/mol. The van der Waals surface area contributed by atoms with Gasteiger partial charge in [0, 0.05) is 12.6 Å². The van der Waals surface area contributed by atoms with Crippen molar-refractivity contribution in [3.8, 4) is 17.0 Å². The van der Waals surface area contributed by atoms with E-state index in [-0.39, 0.29) is 6.42 Å². The fraction of sp³-hybridized carbons (Fsp3) is 0.231. The molecule has 2 aromatic rings. The van der Waals surface area contributed by atoms with Crippen molar-refractivity contribution in [3.05, 3.63) is 36.0 Å². The summed E-state index contributed by atoms with van der Waals surface area (Å²) in [6, 6.07) is 9.34. The zero-order valence-electron chi connectivity index (χ0n) is 10.3. The number of carboxylic acids is 1. The maximum atomic E-state index is 10.6. The van der Waals surface area contributed by atoms with Crippen molar-refractivity contribution in [1.29, 1.82) is 0 Å². The maximum absolute atomic E-state index is 10.6. The van der Waals surface area contributed by atoms with E-state index in [0.717, 1.165) is 17.0 Å². The summed E-state index contributed by atoms with van der Waals surface area (Å²) in [6.45, 7) is 0. The lowest BCUT2D eigenvalue weighted by atomic mass is 10.1. The zero-order valence-corrected chi connectivity index (χ0v) is 10.3. The Kier molecular flexibility index (Phi) is 3.32. The average molecular weight is 246 g/mol. The molecule has 0 fully saturated rings. The minimum Gasteiger partial charge on any atom is -0.497 e. The Balaban J connectivity index is 2.31. The summed E-state index contributed by atoms with van der Waals surface area (Å²) in [5.41, 5.74) is 2.41. The first-order valence-corrected chi connectivity index (χ1v) is 5.49. The normalized spacial score (nSPS) is 10.3. The number of aliphatic carboxylic acids is 1. The molecule has 5 nitrogen and oxygen atoms in total. The lowest BCUT2D eigenvalue weighted by molar-refractivity contribution is -0.136. The zero-order chi connectivity index (χ0) is 13.1. The predicted molar refractivity (Wildman–Crippen MR) is 66.5 cm³/mol. The van der Waals surface area contributed by atoms with Crippen molar-refractivity contribution in [1.82, 2.24) is 9.78 Å². The molecule has 0 amide bonds. The van der Waals surface area contributed by atoms with E-state index >= 15 is 0 Å². The van der Waals surface area contributed by atoms with Gasteiger partial charge < -0.3 is 9.84 Å². The van der Waals surface area contributed by atoms with Gasteiger partial charge in [0.2, 0.25) is 0 Å². The minimum absolute atomic E-state index is 0.0655. The van der Waals surface area contributed by atoms with Crippen molar-refractivity contribution in [2.75, 3.05) is 7.11 Å². The second-order valence-corrected chi connectivity index (χ2v) is 3.94. The topological polar surface area (TPSA) is 64.3 Å². The number of carboxylic acid groups (broad SMARTS) is 1. The van der Waals surface area contributed by atoms with Gasteiger partial charge in [-0.15, -0.1) is 0 Å². The van der Waals surface area contributed by atoms with Crippen molar-refractivity contribution in [2.24, 2.45) is 7.05 Å². The van der Waals surface area contributed by atoms with Crippen LogP contribution in [0.3, 0.4) is 0 Å². The highest BCUT2D eigenvalue weighted by Crippen LogP contribution is 2.22. The molecule has 0 aliphatic rings.